The molecule has 2 aromatic carbocycles. The Morgan fingerprint density at radius 1 is 1.13 bits per heavy atom. The van der Waals surface area contributed by atoms with Gasteiger partial charge in [-0.05, 0) is 35.4 Å². The van der Waals surface area contributed by atoms with Gasteiger partial charge in [0.15, 0.2) is 11.5 Å². The van der Waals surface area contributed by atoms with Crippen LogP contribution in [0.2, 0.25) is 0 Å². The van der Waals surface area contributed by atoms with E-state index in [0.717, 1.165) is 16.3 Å². The van der Waals surface area contributed by atoms with Crippen molar-refractivity contribution in [1.82, 2.24) is 0 Å². The monoisotopic (exact) mass is 203 g/mol. The second kappa shape index (κ2) is 3.44. The molecule has 0 aliphatic heterocycles. The average Bonchev–Trinajstić information content (AvgIpc) is 2.18. The quantitative estimate of drug-likeness (QED) is 0.623. The first-order chi connectivity index (χ1) is 7.09. The summed E-state index contributed by atoms with van der Waals surface area (Å²) in [5.74, 6) is -0.222. The topological polar surface area (TPSA) is 66.5 Å². The van der Waals surface area contributed by atoms with Gasteiger partial charge < -0.3 is 15.9 Å². The minimum absolute atomic E-state index is 0.0994. The van der Waals surface area contributed by atoms with Crippen molar-refractivity contribution in [1.29, 1.82) is 0 Å². The van der Waals surface area contributed by atoms with E-state index in [9.17, 15) is 10.2 Å². The van der Waals surface area contributed by atoms with E-state index < -0.39 is 0 Å². The fourth-order valence-electron chi connectivity index (χ4n) is 1.72. The normalized spacial score (nSPS) is 12.9. The molecule has 0 spiro atoms. The summed E-state index contributed by atoms with van der Waals surface area (Å²) in [7, 11) is 0. The SMILES string of the molecule is CC(N)c1cccc2cc(O)c(O)cc12. The predicted molar refractivity (Wildman–Crippen MR) is 59.9 cm³/mol. The van der Waals surface area contributed by atoms with Gasteiger partial charge in [-0.3, -0.25) is 0 Å². The fraction of sp³-hybridized carbons (Fsp3) is 0.167. The number of phenolic OH excluding ortho intramolecular Hbond substituents is 2. The van der Waals surface area contributed by atoms with E-state index >= 15 is 0 Å². The van der Waals surface area contributed by atoms with Gasteiger partial charge in [0.05, 0.1) is 0 Å². The van der Waals surface area contributed by atoms with Crippen LogP contribution in [0.25, 0.3) is 10.8 Å². The summed E-state index contributed by atoms with van der Waals surface area (Å²) in [5, 5.41) is 20.6. The Balaban J connectivity index is 2.80. The first-order valence-corrected chi connectivity index (χ1v) is 4.80. The molecule has 15 heavy (non-hydrogen) atoms. The molecule has 0 fully saturated rings. The van der Waals surface area contributed by atoms with Crippen molar-refractivity contribution >= 4 is 10.8 Å². The number of nitrogens with two attached hydrogens (primary N) is 1. The summed E-state index contributed by atoms with van der Waals surface area (Å²) in [4.78, 5) is 0. The summed E-state index contributed by atoms with van der Waals surface area (Å²) < 4.78 is 0. The van der Waals surface area contributed by atoms with E-state index in [4.69, 9.17) is 5.73 Å². The van der Waals surface area contributed by atoms with Crippen molar-refractivity contribution in [2.75, 3.05) is 0 Å². The van der Waals surface area contributed by atoms with Crippen LogP contribution < -0.4 is 5.73 Å². The molecule has 2 aromatic rings. The standard InChI is InChI=1S/C12H13NO2/c1-7(13)9-4-2-3-8-5-11(14)12(15)6-10(8)9/h2-7,14-15H,13H2,1H3. The summed E-state index contributed by atoms with van der Waals surface area (Å²) in [6, 6.07) is 8.67. The average molecular weight is 203 g/mol. The lowest BCUT2D eigenvalue weighted by Crippen LogP contribution is -2.05. The number of hydrogen-bond donors (Lipinski definition) is 3. The van der Waals surface area contributed by atoms with E-state index in [1.54, 1.807) is 6.07 Å². The molecule has 0 aromatic heterocycles. The molecule has 3 nitrogen and oxygen atoms in total. The lowest BCUT2D eigenvalue weighted by Gasteiger charge is -2.10. The Morgan fingerprint density at radius 3 is 2.47 bits per heavy atom. The zero-order valence-corrected chi connectivity index (χ0v) is 8.44. The van der Waals surface area contributed by atoms with Crippen LogP contribution in [0.15, 0.2) is 30.3 Å². The highest BCUT2D eigenvalue weighted by Crippen LogP contribution is 2.33. The van der Waals surface area contributed by atoms with Crippen molar-refractivity contribution in [2.24, 2.45) is 5.73 Å². The summed E-state index contributed by atoms with van der Waals surface area (Å²) >= 11 is 0. The second-order valence-corrected chi connectivity index (χ2v) is 3.70. The molecule has 2 rings (SSSR count). The molecule has 1 unspecified atom stereocenters. The third-order valence-electron chi connectivity index (χ3n) is 2.50. The Bertz CT molecular complexity index is 506. The fourth-order valence-corrected chi connectivity index (χ4v) is 1.72. The molecule has 78 valence electrons. The Labute approximate surface area is 87.8 Å². The van der Waals surface area contributed by atoms with Gasteiger partial charge in [-0.15, -0.1) is 0 Å². The third kappa shape index (κ3) is 1.62. The highest BCUT2D eigenvalue weighted by Gasteiger charge is 2.08. The largest absolute Gasteiger partial charge is 0.504 e. The van der Waals surface area contributed by atoms with Crippen LogP contribution in [0.1, 0.15) is 18.5 Å². The maximum absolute atomic E-state index is 9.43. The van der Waals surface area contributed by atoms with E-state index in [1.807, 2.05) is 25.1 Å². The molecular formula is C12H13NO2. The molecule has 1 atom stereocenters. The van der Waals surface area contributed by atoms with Crippen LogP contribution in [0.5, 0.6) is 11.5 Å². The molecule has 0 aliphatic rings. The molecule has 0 aliphatic carbocycles. The first kappa shape index (κ1) is 9.80. The zero-order valence-electron chi connectivity index (χ0n) is 8.44. The van der Waals surface area contributed by atoms with E-state index in [-0.39, 0.29) is 17.5 Å². The molecular weight excluding hydrogens is 190 g/mol. The molecule has 3 heteroatoms. The van der Waals surface area contributed by atoms with Crippen molar-refractivity contribution in [3.63, 3.8) is 0 Å². The Kier molecular flexibility index (Phi) is 2.25. The Hall–Kier alpha value is -1.74. The zero-order chi connectivity index (χ0) is 11.0. The van der Waals surface area contributed by atoms with Gasteiger partial charge in [-0.2, -0.15) is 0 Å². The van der Waals surface area contributed by atoms with Gasteiger partial charge in [0.25, 0.3) is 0 Å². The smallest absolute Gasteiger partial charge is 0.158 e. The number of phenols is 2. The molecule has 0 saturated heterocycles. The summed E-state index contributed by atoms with van der Waals surface area (Å²) in [6.45, 7) is 1.89. The predicted octanol–water partition coefficient (Wildman–Crippen LogP) is 2.27. The third-order valence-corrected chi connectivity index (χ3v) is 2.50. The minimum Gasteiger partial charge on any atom is -0.504 e. The van der Waals surface area contributed by atoms with E-state index in [1.165, 1.54) is 6.07 Å². The van der Waals surface area contributed by atoms with Crippen molar-refractivity contribution in [3.8, 4) is 11.5 Å². The van der Waals surface area contributed by atoms with Gasteiger partial charge in [0, 0.05) is 6.04 Å². The molecule has 0 heterocycles. The summed E-state index contributed by atoms with van der Waals surface area (Å²) in [5.41, 5.74) is 6.78. The lowest BCUT2D eigenvalue weighted by atomic mass is 9.99. The number of rotatable bonds is 1. The van der Waals surface area contributed by atoms with Gasteiger partial charge in [-0.1, -0.05) is 18.2 Å². The highest BCUT2D eigenvalue weighted by molar-refractivity contribution is 5.89. The van der Waals surface area contributed by atoms with Crippen LogP contribution in [0, 0.1) is 0 Å². The number of fused-ring (bicyclic) bond motifs is 1. The van der Waals surface area contributed by atoms with Crippen LogP contribution in [-0.2, 0) is 0 Å². The molecule has 0 radical (unpaired) electrons. The Morgan fingerprint density at radius 2 is 1.80 bits per heavy atom. The number of aromatic hydroxyl groups is 2. The van der Waals surface area contributed by atoms with Gasteiger partial charge in [0.2, 0.25) is 0 Å². The number of benzene rings is 2. The molecule has 0 bridgehead atoms. The first-order valence-electron chi connectivity index (χ1n) is 4.80. The van der Waals surface area contributed by atoms with Crippen molar-refractivity contribution in [3.05, 3.63) is 35.9 Å². The van der Waals surface area contributed by atoms with Crippen molar-refractivity contribution < 1.29 is 10.2 Å². The number of hydrogen-bond acceptors (Lipinski definition) is 3. The van der Waals surface area contributed by atoms with Gasteiger partial charge >= 0.3 is 0 Å². The van der Waals surface area contributed by atoms with Crippen LogP contribution >= 0.6 is 0 Å². The maximum Gasteiger partial charge on any atom is 0.158 e. The van der Waals surface area contributed by atoms with Crippen molar-refractivity contribution in [2.45, 2.75) is 13.0 Å². The van der Waals surface area contributed by atoms with Crippen LogP contribution in [0.3, 0.4) is 0 Å². The maximum atomic E-state index is 9.43. The van der Waals surface area contributed by atoms with Crippen LogP contribution in [0.4, 0.5) is 0 Å². The highest BCUT2D eigenvalue weighted by atomic mass is 16.3. The summed E-state index contributed by atoms with van der Waals surface area (Å²) in [6.07, 6.45) is 0. The van der Waals surface area contributed by atoms with Crippen LogP contribution in [-0.4, -0.2) is 10.2 Å². The van der Waals surface area contributed by atoms with Gasteiger partial charge in [-0.25, -0.2) is 0 Å². The van der Waals surface area contributed by atoms with Gasteiger partial charge in [0.1, 0.15) is 0 Å². The molecule has 4 N–H and O–H groups in total. The second-order valence-electron chi connectivity index (χ2n) is 3.70. The molecule has 0 saturated carbocycles. The van der Waals surface area contributed by atoms with E-state index in [0.29, 0.717) is 0 Å². The lowest BCUT2D eigenvalue weighted by molar-refractivity contribution is 0.405. The van der Waals surface area contributed by atoms with E-state index in [2.05, 4.69) is 0 Å². The molecule has 0 amide bonds. The minimum atomic E-state index is -0.115.